The number of carbonyl (C=O) groups excluding carboxylic acids is 1. The third kappa shape index (κ3) is 4.64. The number of nitrogens with one attached hydrogen (secondary N) is 1. The minimum absolute atomic E-state index is 0.118. The summed E-state index contributed by atoms with van der Waals surface area (Å²) in [5.41, 5.74) is 1.38. The highest BCUT2D eigenvalue weighted by Gasteiger charge is 2.14. The number of thiophene rings is 1. The van der Waals surface area contributed by atoms with Crippen LogP contribution in [0.2, 0.25) is 0 Å². The fraction of sp³-hybridized carbons (Fsp3) is 0.278. The molecule has 25 heavy (non-hydrogen) atoms. The average Bonchev–Trinajstić information content (AvgIpc) is 3.24. The summed E-state index contributed by atoms with van der Waals surface area (Å²) in [5.74, 6) is 0.615. The van der Waals surface area contributed by atoms with E-state index in [1.165, 1.54) is 28.2 Å². The molecule has 3 rings (SSSR count). The summed E-state index contributed by atoms with van der Waals surface area (Å²) in [7, 11) is 0. The van der Waals surface area contributed by atoms with Crippen LogP contribution >= 0.6 is 22.7 Å². The molecule has 2 aromatic heterocycles. The molecule has 0 aliphatic rings. The fourth-order valence-corrected chi connectivity index (χ4v) is 3.39. The number of hydrogen-bond donors (Lipinski definition) is 1. The van der Waals surface area contributed by atoms with E-state index in [9.17, 15) is 4.79 Å². The van der Waals surface area contributed by atoms with Crippen molar-refractivity contribution in [3.8, 4) is 5.75 Å². The van der Waals surface area contributed by atoms with Gasteiger partial charge in [-0.15, -0.1) is 21.5 Å². The molecule has 7 heteroatoms. The highest BCUT2D eigenvalue weighted by Crippen LogP contribution is 2.25. The van der Waals surface area contributed by atoms with Gasteiger partial charge in [0.2, 0.25) is 5.13 Å². The van der Waals surface area contributed by atoms with Gasteiger partial charge in [-0.2, -0.15) is 0 Å². The summed E-state index contributed by atoms with van der Waals surface area (Å²) in [4.78, 5) is 12.6. The van der Waals surface area contributed by atoms with Crippen LogP contribution in [0.25, 0.3) is 0 Å². The van der Waals surface area contributed by atoms with E-state index in [0.29, 0.717) is 21.6 Å². The second-order valence-corrected chi connectivity index (χ2v) is 8.51. The maximum absolute atomic E-state index is 12.0. The largest absolute Gasteiger partial charge is 0.486 e. The van der Waals surface area contributed by atoms with E-state index in [0.717, 1.165) is 5.75 Å². The van der Waals surface area contributed by atoms with E-state index in [1.807, 2.05) is 23.6 Å². The molecular formula is C18H19N3O2S2. The molecule has 0 atom stereocenters. The molecule has 0 radical (unpaired) electrons. The van der Waals surface area contributed by atoms with Gasteiger partial charge in [0, 0.05) is 0 Å². The van der Waals surface area contributed by atoms with Crippen LogP contribution in [0.1, 0.15) is 41.0 Å². The van der Waals surface area contributed by atoms with Gasteiger partial charge in [-0.1, -0.05) is 50.3 Å². The first-order chi connectivity index (χ1) is 11.9. The highest BCUT2D eigenvalue weighted by atomic mass is 32.1. The monoisotopic (exact) mass is 373 g/mol. The van der Waals surface area contributed by atoms with E-state index in [-0.39, 0.29) is 11.3 Å². The second-order valence-electron chi connectivity index (χ2n) is 6.50. The van der Waals surface area contributed by atoms with Crippen molar-refractivity contribution in [2.45, 2.75) is 32.8 Å². The first-order valence-electron chi connectivity index (χ1n) is 7.82. The number of ether oxygens (including phenoxy) is 1. The summed E-state index contributed by atoms with van der Waals surface area (Å²) in [6.07, 6.45) is 0. The molecule has 1 N–H and O–H groups in total. The van der Waals surface area contributed by atoms with Gasteiger partial charge < -0.3 is 4.74 Å². The van der Waals surface area contributed by atoms with Gasteiger partial charge in [0.05, 0.1) is 4.88 Å². The van der Waals surface area contributed by atoms with Gasteiger partial charge in [0.15, 0.2) is 5.01 Å². The van der Waals surface area contributed by atoms with Gasteiger partial charge in [-0.05, 0) is 34.6 Å². The Morgan fingerprint density at radius 2 is 1.92 bits per heavy atom. The number of rotatable bonds is 5. The molecule has 0 bridgehead atoms. The van der Waals surface area contributed by atoms with Crippen LogP contribution < -0.4 is 10.1 Å². The normalized spacial score (nSPS) is 11.3. The second kappa shape index (κ2) is 7.33. The van der Waals surface area contributed by atoms with Crippen molar-refractivity contribution in [1.82, 2.24) is 10.2 Å². The Bertz CT molecular complexity index is 834. The Labute approximate surface area is 154 Å². The Balaban J connectivity index is 1.56. The number of amides is 1. The molecule has 1 aromatic carbocycles. The SMILES string of the molecule is CC(C)(C)c1ccc(OCc2nnc(NC(=O)c3cccs3)s2)cc1. The molecule has 0 unspecified atom stereocenters. The van der Waals surface area contributed by atoms with Crippen molar-refractivity contribution in [2.75, 3.05) is 5.32 Å². The van der Waals surface area contributed by atoms with E-state index >= 15 is 0 Å². The molecule has 3 aromatic rings. The van der Waals surface area contributed by atoms with E-state index in [2.05, 4.69) is 48.4 Å². The van der Waals surface area contributed by atoms with Crippen molar-refractivity contribution in [2.24, 2.45) is 0 Å². The molecule has 0 saturated heterocycles. The lowest BCUT2D eigenvalue weighted by atomic mass is 9.87. The van der Waals surface area contributed by atoms with Crippen molar-refractivity contribution in [3.63, 3.8) is 0 Å². The summed E-state index contributed by atoms with van der Waals surface area (Å²) >= 11 is 2.70. The maximum Gasteiger partial charge on any atom is 0.267 e. The number of carbonyl (C=O) groups is 1. The van der Waals surface area contributed by atoms with Crippen LogP contribution in [0.5, 0.6) is 5.75 Å². The van der Waals surface area contributed by atoms with E-state index < -0.39 is 0 Å². The number of nitrogens with zero attached hydrogens (tertiary/aromatic N) is 2. The first kappa shape index (κ1) is 17.6. The lowest BCUT2D eigenvalue weighted by molar-refractivity contribution is 0.103. The fourth-order valence-electron chi connectivity index (χ4n) is 2.13. The Morgan fingerprint density at radius 3 is 2.56 bits per heavy atom. The van der Waals surface area contributed by atoms with Gasteiger partial charge in [0.1, 0.15) is 12.4 Å². The van der Waals surface area contributed by atoms with Crippen LogP contribution in [0.15, 0.2) is 41.8 Å². The zero-order valence-corrected chi connectivity index (χ0v) is 15.9. The Kier molecular flexibility index (Phi) is 5.15. The predicted molar refractivity (Wildman–Crippen MR) is 102 cm³/mol. The first-order valence-corrected chi connectivity index (χ1v) is 9.52. The zero-order valence-electron chi connectivity index (χ0n) is 14.3. The molecule has 0 aliphatic heterocycles. The van der Waals surface area contributed by atoms with E-state index in [4.69, 9.17) is 4.74 Å². The van der Waals surface area contributed by atoms with Crippen LogP contribution in [0, 0.1) is 0 Å². The molecule has 130 valence electrons. The van der Waals surface area contributed by atoms with Crippen molar-refractivity contribution >= 4 is 33.7 Å². The Hall–Kier alpha value is -2.25. The van der Waals surface area contributed by atoms with Crippen LogP contribution in [-0.4, -0.2) is 16.1 Å². The quantitative estimate of drug-likeness (QED) is 0.702. The number of aromatic nitrogens is 2. The lowest BCUT2D eigenvalue weighted by Gasteiger charge is -2.19. The smallest absolute Gasteiger partial charge is 0.267 e. The molecule has 0 fully saturated rings. The Morgan fingerprint density at radius 1 is 1.16 bits per heavy atom. The lowest BCUT2D eigenvalue weighted by Crippen LogP contribution is -2.10. The molecule has 0 saturated carbocycles. The molecule has 0 spiro atoms. The summed E-state index contributed by atoms with van der Waals surface area (Å²) in [6, 6.07) is 11.7. The zero-order chi connectivity index (χ0) is 17.9. The number of anilines is 1. The summed E-state index contributed by atoms with van der Waals surface area (Å²) in [5, 5.41) is 13.8. The van der Waals surface area contributed by atoms with Crippen LogP contribution in [0.4, 0.5) is 5.13 Å². The highest BCUT2D eigenvalue weighted by molar-refractivity contribution is 7.15. The van der Waals surface area contributed by atoms with Gasteiger partial charge in [-0.3, -0.25) is 10.1 Å². The molecule has 0 aliphatic carbocycles. The van der Waals surface area contributed by atoms with Crippen molar-refractivity contribution in [3.05, 3.63) is 57.2 Å². The number of benzene rings is 1. The topological polar surface area (TPSA) is 64.1 Å². The maximum atomic E-state index is 12.0. The van der Waals surface area contributed by atoms with E-state index in [1.54, 1.807) is 6.07 Å². The van der Waals surface area contributed by atoms with Crippen molar-refractivity contribution in [1.29, 1.82) is 0 Å². The number of hydrogen-bond acceptors (Lipinski definition) is 6. The minimum Gasteiger partial charge on any atom is -0.486 e. The average molecular weight is 374 g/mol. The molecule has 1 amide bonds. The van der Waals surface area contributed by atoms with Gasteiger partial charge >= 0.3 is 0 Å². The van der Waals surface area contributed by atoms with Crippen LogP contribution in [0.3, 0.4) is 0 Å². The van der Waals surface area contributed by atoms with Gasteiger partial charge in [-0.25, -0.2) is 0 Å². The third-order valence-corrected chi connectivity index (χ3v) is 5.20. The third-order valence-electron chi connectivity index (χ3n) is 3.51. The standard InChI is InChI=1S/C18H19N3O2S2/c1-18(2,3)12-6-8-13(9-7-12)23-11-15-20-21-17(25-15)19-16(22)14-5-4-10-24-14/h4-10H,11H2,1-3H3,(H,19,21,22). The molecule has 2 heterocycles. The molecular weight excluding hydrogens is 354 g/mol. The van der Waals surface area contributed by atoms with Crippen molar-refractivity contribution < 1.29 is 9.53 Å². The predicted octanol–water partition coefficient (Wildman–Crippen LogP) is 4.73. The summed E-state index contributed by atoms with van der Waals surface area (Å²) in [6.45, 7) is 6.85. The van der Waals surface area contributed by atoms with Crippen LogP contribution in [-0.2, 0) is 12.0 Å². The molecule has 5 nitrogen and oxygen atoms in total. The minimum atomic E-state index is -0.170. The van der Waals surface area contributed by atoms with Gasteiger partial charge in [0.25, 0.3) is 5.91 Å². The summed E-state index contributed by atoms with van der Waals surface area (Å²) < 4.78 is 5.75.